The van der Waals surface area contributed by atoms with Gasteiger partial charge < -0.3 is 10.6 Å². The Balaban J connectivity index is 3.51. The van der Waals surface area contributed by atoms with Crippen LogP contribution in [0.2, 0.25) is 0 Å². The minimum Gasteiger partial charge on any atom is -0.346 e. The molecule has 0 heterocycles. The molecule has 0 radical (unpaired) electrons. The number of rotatable bonds is 7. The van der Waals surface area contributed by atoms with Crippen molar-refractivity contribution >= 4 is 5.91 Å². The second kappa shape index (κ2) is 7.49. The second-order valence-corrected chi connectivity index (χ2v) is 3.92. The Kier molecular flexibility index (Phi) is 7.12. The predicted molar refractivity (Wildman–Crippen MR) is 56.0 cm³/mol. The van der Waals surface area contributed by atoms with Gasteiger partial charge in [-0.1, -0.05) is 20.3 Å². The van der Waals surface area contributed by atoms with Gasteiger partial charge in [-0.15, -0.1) is 0 Å². The molecule has 3 nitrogen and oxygen atoms in total. The van der Waals surface area contributed by atoms with E-state index in [4.69, 9.17) is 0 Å². The summed E-state index contributed by atoms with van der Waals surface area (Å²) in [5, 5.41) is 4.63. The van der Waals surface area contributed by atoms with Gasteiger partial charge in [-0.3, -0.25) is 4.79 Å². The first-order valence-corrected chi connectivity index (χ1v) is 5.39. The molecule has 0 spiro atoms. The molecule has 0 aliphatic heterocycles. The summed E-state index contributed by atoms with van der Waals surface area (Å²) in [6.45, 7) is 3.41. The van der Waals surface area contributed by atoms with Crippen molar-refractivity contribution in [3.63, 3.8) is 0 Å². The summed E-state index contributed by atoms with van der Waals surface area (Å²) in [6, 6.07) is 0. The molecule has 0 bridgehead atoms. The maximum Gasteiger partial charge on any atom is 0.405 e. The Bertz CT molecular complexity index is 207. The van der Waals surface area contributed by atoms with Crippen LogP contribution in [0.3, 0.4) is 0 Å². The Morgan fingerprint density at radius 3 is 2.50 bits per heavy atom. The molecular formula is C10H19F3N2O. The lowest BCUT2D eigenvalue weighted by molar-refractivity contribution is -0.137. The third kappa shape index (κ3) is 9.76. The Hall–Kier alpha value is -0.780. The van der Waals surface area contributed by atoms with Crippen molar-refractivity contribution in [3.05, 3.63) is 0 Å². The lowest BCUT2D eigenvalue weighted by atomic mass is 10.1. The standard InChI is InChI=1S/C10H19F3N2O/c1-3-4-8(2)5-14-6-9(16)15-7-10(11,12)13/h8,14H,3-7H2,1-2H3,(H,15,16). The highest BCUT2D eigenvalue weighted by molar-refractivity contribution is 5.77. The quantitative estimate of drug-likeness (QED) is 0.711. The van der Waals surface area contributed by atoms with Crippen molar-refractivity contribution < 1.29 is 18.0 Å². The maximum absolute atomic E-state index is 11.7. The van der Waals surface area contributed by atoms with Crippen molar-refractivity contribution in [1.29, 1.82) is 0 Å². The topological polar surface area (TPSA) is 41.1 Å². The molecule has 0 saturated heterocycles. The summed E-state index contributed by atoms with van der Waals surface area (Å²) >= 11 is 0. The number of amides is 1. The van der Waals surface area contributed by atoms with E-state index in [1.807, 2.05) is 6.92 Å². The molecular weight excluding hydrogens is 221 g/mol. The fourth-order valence-electron chi connectivity index (χ4n) is 1.29. The van der Waals surface area contributed by atoms with Crippen LogP contribution in [0.25, 0.3) is 0 Å². The van der Waals surface area contributed by atoms with Gasteiger partial charge in [0.2, 0.25) is 5.91 Å². The van der Waals surface area contributed by atoms with Gasteiger partial charge in [-0.05, 0) is 18.9 Å². The van der Waals surface area contributed by atoms with Crippen molar-refractivity contribution in [2.75, 3.05) is 19.6 Å². The molecule has 0 aliphatic carbocycles. The first-order chi connectivity index (χ1) is 7.35. The highest BCUT2D eigenvalue weighted by atomic mass is 19.4. The van der Waals surface area contributed by atoms with Crippen LogP contribution in [-0.4, -0.2) is 31.7 Å². The first kappa shape index (κ1) is 15.2. The van der Waals surface area contributed by atoms with Crippen LogP contribution in [0.4, 0.5) is 13.2 Å². The average Bonchev–Trinajstić information content (AvgIpc) is 2.14. The summed E-state index contributed by atoms with van der Waals surface area (Å²) in [4.78, 5) is 11.0. The van der Waals surface area contributed by atoms with E-state index in [9.17, 15) is 18.0 Å². The van der Waals surface area contributed by atoms with Crippen LogP contribution >= 0.6 is 0 Å². The molecule has 1 amide bonds. The lowest BCUT2D eigenvalue weighted by Gasteiger charge is -2.12. The number of halogens is 3. The summed E-state index contributed by atoms with van der Waals surface area (Å²) < 4.78 is 35.2. The van der Waals surface area contributed by atoms with Crippen molar-refractivity contribution in [1.82, 2.24) is 10.6 Å². The van der Waals surface area contributed by atoms with Gasteiger partial charge in [0.25, 0.3) is 0 Å². The molecule has 2 N–H and O–H groups in total. The van der Waals surface area contributed by atoms with Gasteiger partial charge in [-0.25, -0.2) is 0 Å². The summed E-state index contributed by atoms with van der Waals surface area (Å²) in [5.74, 6) is -0.193. The fourth-order valence-corrected chi connectivity index (χ4v) is 1.29. The lowest BCUT2D eigenvalue weighted by Crippen LogP contribution is -2.40. The third-order valence-corrected chi connectivity index (χ3v) is 2.05. The van der Waals surface area contributed by atoms with E-state index in [2.05, 4.69) is 12.2 Å². The Morgan fingerprint density at radius 1 is 1.38 bits per heavy atom. The largest absolute Gasteiger partial charge is 0.405 e. The number of carbonyl (C=O) groups is 1. The van der Waals surface area contributed by atoms with Crippen LogP contribution in [0.1, 0.15) is 26.7 Å². The highest BCUT2D eigenvalue weighted by Gasteiger charge is 2.27. The molecule has 0 aromatic heterocycles. The molecule has 0 saturated carbocycles. The molecule has 6 heteroatoms. The molecule has 0 aliphatic rings. The van der Waals surface area contributed by atoms with Crippen molar-refractivity contribution in [2.45, 2.75) is 32.9 Å². The fraction of sp³-hybridized carbons (Fsp3) is 0.900. The molecule has 0 aromatic rings. The number of hydrogen-bond donors (Lipinski definition) is 2. The molecule has 0 rings (SSSR count). The Morgan fingerprint density at radius 2 is 2.00 bits per heavy atom. The highest BCUT2D eigenvalue weighted by Crippen LogP contribution is 2.11. The van der Waals surface area contributed by atoms with E-state index in [-0.39, 0.29) is 6.54 Å². The van der Waals surface area contributed by atoms with E-state index in [1.54, 1.807) is 5.32 Å². The van der Waals surface area contributed by atoms with Crippen molar-refractivity contribution in [2.24, 2.45) is 5.92 Å². The van der Waals surface area contributed by atoms with E-state index in [1.165, 1.54) is 0 Å². The van der Waals surface area contributed by atoms with Gasteiger partial charge in [0.1, 0.15) is 6.54 Å². The minimum absolute atomic E-state index is 0.0653. The number of hydrogen-bond acceptors (Lipinski definition) is 2. The van der Waals surface area contributed by atoms with E-state index < -0.39 is 18.6 Å². The summed E-state index contributed by atoms with van der Waals surface area (Å²) in [6.07, 6.45) is -2.24. The van der Waals surface area contributed by atoms with Gasteiger partial charge >= 0.3 is 6.18 Å². The van der Waals surface area contributed by atoms with Crippen LogP contribution in [0.15, 0.2) is 0 Å². The predicted octanol–water partition coefficient (Wildman–Crippen LogP) is 1.69. The van der Waals surface area contributed by atoms with Gasteiger partial charge in [-0.2, -0.15) is 13.2 Å². The van der Waals surface area contributed by atoms with E-state index in [0.717, 1.165) is 12.8 Å². The molecule has 0 aromatic carbocycles. The number of carbonyl (C=O) groups excluding carboxylic acids is 1. The van der Waals surface area contributed by atoms with E-state index >= 15 is 0 Å². The zero-order valence-corrected chi connectivity index (χ0v) is 9.66. The van der Waals surface area contributed by atoms with Gasteiger partial charge in [0, 0.05) is 0 Å². The van der Waals surface area contributed by atoms with Crippen LogP contribution in [0.5, 0.6) is 0 Å². The zero-order chi connectivity index (χ0) is 12.6. The average molecular weight is 240 g/mol. The zero-order valence-electron chi connectivity index (χ0n) is 9.66. The molecule has 0 fully saturated rings. The first-order valence-electron chi connectivity index (χ1n) is 5.39. The van der Waals surface area contributed by atoms with Gasteiger partial charge in [0.15, 0.2) is 0 Å². The maximum atomic E-state index is 11.7. The van der Waals surface area contributed by atoms with Crippen LogP contribution < -0.4 is 10.6 Å². The third-order valence-electron chi connectivity index (χ3n) is 2.05. The smallest absolute Gasteiger partial charge is 0.346 e. The molecule has 16 heavy (non-hydrogen) atoms. The van der Waals surface area contributed by atoms with Crippen LogP contribution in [-0.2, 0) is 4.79 Å². The number of nitrogens with one attached hydrogen (secondary N) is 2. The number of alkyl halides is 3. The normalized spacial score (nSPS) is 13.6. The molecule has 96 valence electrons. The summed E-state index contributed by atoms with van der Waals surface area (Å²) in [7, 11) is 0. The SMILES string of the molecule is CCCC(C)CNCC(=O)NCC(F)(F)F. The van der Waals surface area contributed by atoms with Gasteiger partial charge in [0.05, 0.1) is 6.54 Å². The Labute approximate surface area is 93.8 Å². The van der Waals surface area contributed by atoms with E-state index in [0.29, 0.717) is 12.5 Å². The molecule has 1 unspecified atom stereocenters. The van der Waals surface area contributed by atoms with Crippen LogP contribution in [0, 0.1) is 5.92 Å². The summed E-state index contributed by atoms with van der Waals surface area (Å²) in [5.41, 5.74) is 0. The van der Waals surface area contributed by atoms with Crippen molar-refractivity contribution in [3.8, 4) is 0 Å². The monoisotopic (exact) mass is 240 g/mol. The molecule has 1 atom stereocenters. The second-order valence-electron chi connectivity index (χ2n) is 3.92. The minimum atomic E-state index is -4.34.